The normalized spacial score (nSPS) is 11.3. The molecule has 0 unspecified atom stereocenters. The number of esters is 1. The minimum Gasteiger partial charge on any atom is -0.462 e. The van der Waals surface area contributed by atoms with Crippen LogP contribution in [0.1, 0.15) is 22.2 Å². The lowest BCUT2D eigenvalue weighted by Gasteiger charge is -2.02. The van der Waals surface area contributed by atoms with Crippen molar-refractivity contribution in [1.29, 1.82) is 0 Å². The molecule has 20 heavy (non-hydrogen) atoms. The number of sulfonamides is 1. The molecule has 2 aromatic heterocycles. The summed E-state index contributed by atoms with van der Waals surface area (Å²) >= 11 is 1.06. The van der Waals surface area contributed by atoms with E-state index in [1.165, 1.54) is 18.5 Å². The topological polar surface area (TPSA) is 88.3 Å². The third-order valence-electron chi connectivity index (χ3n) is 2.49. The van der Waals surface area contributed by atoms with E-state index >= 15 is 0 Å². The van der Waals surface area contributed by atoms with Gasteiger partial charge in [-0.05, 0) is 31.5 Å². The zero-order valence-electron chi connectivity index (χ0n) is 11.0. The Morgan fingerprint density at radius 1 is 1.50 bits per heavy atom. The van der Waals surface area contributed by atoms with Crippen molar-refractivity contribution in [3.8, 4) is 0 Å². The van der Waals surface area contributed by atoms with Crippen LogP contribution in [0.25, 0.3) is 0 Å². The molecule has 6 nitrogen and oxygen atoms in total. The number of aryl methyl sites for hydroxylation is 1. The van der Waals surface area contributed by atoms with Crippen molar-refractivity contribution in [3.63, 3.8) is 0 Å². The minimum absolute atomic E-state index is 0.140. The van der Waals surface area contributed by atoms with Gasteiger partial charge in [0.15, 0.2) is 0 Å². The summed E-state index contributed by atoms with van der Waals surface area (Å²) in [6.07, 6.45) is 2.91. The smallest absolute Gasteiger partial charge is 0.348 e. The van der Waals surface area contributed by atoms with Crippen LogP contribution >= 0.6 is 11.3 Å². The highest BCUT2D eigenvalue weighted by atomic mass is 32.2. The Morgan fingerprint density at radius 2 is 2.25 bits per heavy atom. The number of hydrogen-bond acceptors (Lipinski definition) is 5. The van der Waals surface area contributed by atoms with Crippen molar-refractivity contribution in [2.75, 3.05) is 11.3 Å². The predicted molar refractivity (Wildman–Crippen MR) is 76.6 cm³/mol. The molecule has 0 aliphatic rings. The highest BCUT2D eigenvalue weighted by Crippen LogP contribution is 2.29. The zero-order valence-corrected chi connectivity index (χ0v) is 12.6. The van der Waals surface area contributed by atoms with E-state index in [0.29, 0.717) is 15.4 Å². The summed E-state index contributed by atoms with van der Waals surface area (Å²) < 4.78 is 31.4. The number of thiophene rings is 1. The van der Waals surface area contributed by atoms with E-state index in [-0.39, 0.29) is 11.5 Å². The fraction of sp³-hybridized carbons (Fsp3) is 0.250. The van der Waals surface area contributed by atoms with Crippen LogP contribution < -0.4 is 4.72 Å². The fourth-order valence-corrected chi connectivity index (χ4v) is 3.82. The van der Waals surface area contributed by atoms with Crippen LogP contribution in [0.2, 0.25) is 0 Å². The van der Waals surface area contributed by atoms with Crippen LogP contribution in [0.4, 0.5) is 5.00 Å². The lowest BCUT2D eigenvalue weighted by atomic mass is 10.3. The average molecular weight is 314 g/mol. The second kappa shape index (κ2) is 5.68. The van der Waals surface area contributed by atoms with Crippen molar-refractivity contribution >= 4 is 32.3 Å². The molecule has 0 saturated carbocycles. The Bertz CT molecular complexity index is 702. The maximum Gasteiger partial charge on any atom is 0.348 e. The molecule has 0 spiro atoms. The predicted octanol–water partition coefficient (Wildman–Crippen LogP) is 2.36. The maximum absolute atomic E-state index is 12.0. The van der Waals surface area contributed by atoms with Gasteiger partial charge in [-0.15, -0.1) is 11.3 Å². The first-order valence-electron chi connectivity index (χ1n) is 5.87. The number of carbonyl (C=O) groups is 1. The van der Waals surface area contributed by atoms with E-state index in [2.05, 4.69) is 9.71 Å². The Balaban J connectivity index is 2.23. The Hall–Kier alpha value is -1.80. The van der Waals surface area contributed by atoms with Crippen LogP contribution in [-0.4, -0.2) is 26.0 Å². The number of rotatable bonds is 5. The second-order valence-corrected chi connectivity index (χ2v) is 6.73. The second-order valence-electron chi connectivity index (χ2n) is 4.00. The molecular weight excluding hydrogens is 300 g/mol. The molecule has 0 aliphatic carbocycles. The number of nitrogens with one attached hydrogen (secondary N) is 2. The van der Waals surface area contributed by atoms with Gasteiger partial charge in [0, 0.05) is 12.4 Å². The molecule has 108 valence electrons. The van der Waals surface area contributed by atoms with Crippen molar-refractivity contribution in [2.24, 2.45) is 0 Å². The molecule has 0 aromatic carbocycles. The standard InChI is InChI=1S/C12H14N2O4S2/c1-3-18-12(15)11-8(2)6-10(19-11)14-20(16,17)9-4-5-13-7-9/h4-7,13-14H,3H2,1-2H3. The van der Waals surface area contributed by atoms with Gasteiger partial charge in [-0.1, -0.05) is 0 Å². The Morgan fingerprint density at radius 3 is 2.85 bits per heavy atom. The molecule has 2 N–H and O–H groups in total. The van der Waals surface area contributed by atoms with Gasteiger partial charge in [0.2, 0.25) is 0 Å². The Labute approximate surface area is 120 Å². The van der Waals surface area contributed by atoms with Gasteiger partial charge in [-0.3, -0.25) is 4.72 Å². The number of aromatic nitrogens is 1. The van der Waals surface area contributed by atoms with Crippen molar-refractivity contribution in [2.45, 2.75) is 18.7 Å². The van der Waals surface area contributed by atoms with Gasteiger partial charge in [0.1, 0.15) is 14.8 Å². The summed E-state index contributed by atoms with van der Waals surface area (Å²) in [7, 11) is -3.63. The largest absolute Gasteiger partial charge is 0.462 e. The number of hydrogen-bond donors (Lipinski definition) is 2. The van der Waals surface area contributed by atoms with Crippen LogP contribution in [0.3, 0.4) is 0 Å². The maximum atomic E-state index is 12.0. The van der Waals surface area contributed by atoms with E-state index < -0.39 is 16.0 Å². The molecule has 2 rings (SSSR count). The lowest BCUT2D eigenvalue weighted by molar-refractivity contribution is 0.0531. The summed E-state index contributed by atoms with van der Waals surface area (Å²) in [4.78, 5) is 14.9. The molecule has 0 radical (unpaired) electrons. The molecule has 0 atom stereocenters. The third kappa shape index (κ3) is 3.02. The van der Waals surface area contributed by atoms with Gasteiger partial charge in [-0.2, -0.15) is 0 Å². The highest BCUT2D eigenvalue weighted by Gasteiger charge is 2.19. The summed E-state index contributed by atoms with van der Waals surface area (Å²) in [5.41, 5.74) is 0.681. The van der Waals surface area contributed by atoms with Gasteiger partial charge in [0.25, 0.3) is 10.0 Å². The first kappa shape index (κ1) is 14.6. The van der Waals surface area contributed by atoms with Crippen LogP contribution in [0.5, 0.6) is 0 Å². The van der Waals surface area contributed by atoms with Crippen LogP contribution in [-0.2, 0) is 14.8 Å². The molecule has 8 heteroatoms. The Kier molecular flexibility index (Phi) is 4.15. The van der Waals surface area contributed by atoms with E-state index in [1.54, 1.807) is 19.9 Å². The zero-order chi connectivity index (χ0) is 14.8. The van der Waals surface area contributed by atoms with Gasteiger partial charge < -0.3 is 9.72 Å². The average Bonchev–Trinajstić information content (AvgIpc) is 2.98. The van der Waals surface area contributed by atoms with Crippen molar-refractivity contribution < 1.29 is 17.9 Å². The van der Waals surface area contributed by atoms with Crippen LogP contribution in [0, 0.1) is 6.92 Å². The molecule has 0 fully saturated rings. The first-order chi connectivity index (χ1) is 9.44. The number of carbonyl (C=O) groups excluding carboxylic acids is 1. The summed E-state index contributed by atoms with van der Waals surface area (Å²) in [6.45, 7) is 3.73. The van der Waals surface area contributed by atoms with Crippen LogP contribution in [0.15, 0.2) is 29.4 Å². The first-order valence-corrected chi connectivity index (χ1v) is 8.17. The highest BCUT2D eigenvalue weighted by molar-refractivity contribution is 7.93. The van der Waals surface area contributed by atoms with E-state index in [0.717, 1.165) is 11.3 Å². The van der Waals surface area contributed by atoms with E-state index in [9.17, 15) is 13.2 Å². The molecule has 0 bridgehead atoms. The number of anilines is 1. The third-order valence-corrected chi connectivity index (χ3v) is 5.12. The number of ether oxygens (including phenoxy) is 1. The molecule has 0 aliphatic heterocycles. The van der Waals surface area contributed by atoms with E-state index in [4.69, 9.17) is 4.74 Å². The lowest BCUT2D eigenvalue weighted by Crippen LogP contribution is -2.11. The monoisotopic (exact) mass is 314 g/mol. The SMILES string of the molecule is CCOC(=O)c1sc(NS(=O)(=O)c2cc[nH]c2)cc1C. The fourth-order valence-electron chi connectivity index (χ4n) is 1.60. The molecule has 2 heterocycles. The van der Waals surface area contributed by atoms with Gasteiger partial charge in [0.05, 0.1) is 6.61 Å². The number of H-pyrrole nitrogens is 1. The van der Waals surface area contributed by atoms with Crippen molar-refractivity contribution in [1.82, 2.24) is 4.98 Å². The number of aromatic amines is 1. The minimum atomic E-state index is -3.63. The van der Waals surface area contributed by atoms with E-state index in [1.807, 2.05) is 0 Å². The van der Waals surface area contributed by atoms with Gasteiger partial charge in [-0.25, -0.2) is 13.2 Å². The molecule has 0 saturated heterocycles. The molecule has 0 amide bonds. The quantitative estimate of drug-likeness (QED) is 0.829. The summed E-state index contributed by atoms with van der Waals surface area (Å²) in [5, 5.41) is 0.381. The van der Waals surface area contributed by atoms with Crippen molar-refractivity contribution in [3.05, 3.63) is 35.0 Å². The molecular formula is C12H14N2O4S2. The summed E-state index contributed by atoms with van der Waals surface area (Å²) in [5.74, 6) is -0.443. The summed E-state index contributed by atoms with van der Waals surface area (Å²) in [6, 6.07) is 3.07. The molecule has 2 aromatic rings. The van der Waals surface area contributed by atoms with Gasteiger partial charge >= 0.3 is 5.97 Å².